The summed E-state index contributed by atoms with van der Waals surface area (Å²) in [5.41, 5.74) is 0. The lowest BCUT2D eigenvalue weighted by Gasteiger charge is -2.18. The van der Waals surface area contributed by atoms with Gasteiger partial charge in [-0.15, -0.1) is 0 Å². The van der Waals surface area contributed by atoms with E-state index in [2.05, 4.69) is 20.5 Å². The molecule has 3 rings (SSSR count). The van der Waals surface area contributed by atoms with Crippen LogP contribution in [0.2, 0.25) is 0 Å². The van der Waals surface area contributed by atoms with Crippen molar-refractivity contribution in [2.45, 2.75) is 63.3 Å². The Morgan fingerprint density at radius 3 is 2.71 bits per heavy atom. The molecule has 2 N–H and O–H groups in total. The van der Waals surface area contributed by atoms with Crippen LogP contribution in [0.4, 0.5) is 0 Å². The van der Waals surface area contributed by atoms with Crippen LogP contribution in [0.1, 0.15) is 62.5 Å². The molecule has 94 valence electrons. The Labute approximate surface area is 103 Å². The van der Waals surface area contributed by atoms with Crippen molar-refractivity contribution in [1.29, 1.82) is 0 Å². The molecule has 4 heteroatoms. The van der Waals surface area contributed by atoms with Crippen LogP contribution < -0.4 is 5.32 Å². The molecule has 1 aromatic heterocycles. The van der Waals surface area contributed by atoms with E-state index in [1.54, 1.807) is 0 Å². The topological polar surface area (TPSA) is 53.6 Å². The molecule has 0 aliphatic heterocycles. The van der Waals surface area contributed by atoms with Crippen LogP contribution in [0.15, 0.2) is 0 Å². The SMILES string of the molecule is C1CCC(c2n[nH]c(CCNC3CC3)n2)CC1. The van der Waals surface area contributed by atoms with Gasteiger partial charge in [-0.25, -0.2) is 4.98 Å². The Bertz CT molecular complexity index is 350. The van der Waals surface area contributed by atoms with Crippen molar-refractivity contribution in [3.8, 4) is 0 Å². The van der Waals surface area contributed by atoms with Crippen LogP contribution in [-0.2, 0) is 6.42 Å². The van der Waals surface area contributed by atoms with E-state index in [-0.39, 0.29) is 0 Å². The van der Waals surface area contributed by atoms with Gasteiger partial charge in [0, 0.05) is 24.9 Å². The smallest absolute Gasteiger partial charge is 0.153 e. The predicted octanol–water partition coefficient (Wildman–Crippen LogP) is 2.15. The maximum Gasteiger partial charge on any atom is 0.153 e. The Hall–Kier alpha value is -0.900. The van der Waals surface area contributed by atoms with E-state index in [0.717, 1.165) is 30.7 Å². The number of aromatic amines is 1. The minimum absolute atomic E-state index is 0.616. The lowest BCUT2D eigenvalue weighted by molar-refractivity contribution is 0.429. The first kappa shape index (κ1) is 11.2. The average Bonchev–Trinajstić information content (AvgIpc) is 3.07. The fourth-order valence-corrected chi connectivity index (χ4v) is 2.65. The van der Waals surface area contributed by atoms with E-state index in [4.69, 9.17) is 0 Å². The zero-order valence-electron chi connectivity index (χ0n) is 10.4. The first-order chi connectivity index (χ1) is 8.42. The number of nitrogens with one attached hydrogen (secondary N) is 2. The van der Waals surface area contributed by atoms with Crippen LogP contribution in [0.3, 0.4) is 0 Å². The molecule has 2 saturated carbocycles. The summed E-state index contributed by atoms with van der Waals surface area (Å²) in [6, 6.07) is 0.788. The maximum absolute atomic E-state index is 4.64. The van der Waals surface area contributed by atoms with Crippen molar-refractivity contribution < 1.29 is 0 Å². The zero-order chi connectivity index (χ0) is 11.5. The summed E-state index contributed by atoms with van der Waals surface area (Å²) in [5.74, 6) is 2.73. The van der Waals surface area contributed by atoms with Crippen LogP contribution >= 0.6 is 0 Å². The van der Waals surface area contributed by atoms with E-state index in [0.29, 0.717) is 5.92 Å². The van der Waals surface area contributed by atoms with E-state index < -0.39 is 0 Å². The van der Waals surface area contributed by atoms with Crippen LogP contribution in [0.25, 0.3) is 0 Å². The van der Waals surface area contributed by atoms with E-state index in [1.165, 1.54) is 44.9 Å². The first-order valence-corrected chi connectivity index (χ1v) is 7.06. The molecule has 0 radical (unpaired) electrons. The second-order valence-electron chi connectivity index (χ2n) is 5.45. The largest absolute Gasteiger partial charge is 0.314 e. The average molecular weight is 234 g/mol. The van der Waals surface area contributed by atoms with Gasteiger partial charge < -0.3 is 5.32 Å². The number of H-pyrrole nitrogens is 1. The molecule has 0 spiro atoms. The lowest BCUT2D eigenvalue weighted by Crippen LogP contribution is -2.19. The summed E-state index contributed by atoms with van der Waals surface area (Å²) in [4.78, 5) is 4.64. The maximum atomic E-state index is 4.64. The van der Waals surface area contributed by atoms with Gasteiger partial charge in [0.25, 0.3) is 0 Å². The second-order valence-corrected chi connectivity index (χ2v) is 5.45. The third kappa shape index (κ3) is 3.06. The second kappa shape index (κ2) is 5.17. The third-order valence-electron chi connectivity index (χ3n) is 3.89. The van der Waals surface area contributed by atoms with Gasteiger partial charge >= 0.3 is 0 Å². The third-order valence-corrected chi connectivity index (χ3v) is 3.89. The molecule has 1 aromatic rings. The van der Waals surface area contributed by atoms with Crippen LogP contribution in [-0.4, -0.2) is 27.8 Å². The zero-order valence-corrected chi connectivity index (χ0v) is 10.4. The molecular formula is C13H22N4. The molecule has 0 saturated heterocycles. The Morgan fingerprint density at radius 1 is 1.12 bits per heavy atom. The van der Waals surface area contributed by atoms with Crippen molar-refractivity contribution in [3.63, 3.8) is 0 Å². The summed E-state index contributed by atoms with van der Waals surface area (Å²) >= 11 is 0. The summed E-state index contributed by atoms with van der Waals surface area (Å²) < 4.78 is 0. The number of hydrogen-bond donors (Lipinski definition) is 2. The van der Waals surface area contributed by atoms with Gasteiger partial charge in [-0.05, 0) is 25.7 Å². The lowest BCUT2D eigenvalue weighted by atomic mass is 9.89. The minimum Gasteiger partial charge on any atom is -0.314 e. The Kier molecular flexibility index (Phi) is 3.41. The van der Waals surface area contributed by atoms with E-state index in [1.807, 2.05) is 0 Å². The van der Waals surface area contributed by atoms with Gasteiger partial charge in [-0.3, -0.25) is 5.10 Å². The van der Waals surface area contributed by atoms with Crippen molar-refractivity contribution in [1.82, 2.24) is 20.5 Å². The molecule has 4 nitrogen and oxygen atoms in total. The monoisotopic (exact) mass is 234 g/mol. The standard InChI is InChI=1S/C13H22N4/c1-2-4-10(5-3-1)13-15-12(16-17-13)8-9-14-11-6-7-11/h10-11,14H,1-9H2,(H,15,16,17). The highest BCUT2D eigenvalue weighted by molar-refractivity contribution is 4.99. The molecule has 0 bridgehead atoms. The van der Waals surface area contributed by atoms with Crippen molar-refractivity contribution in [2.24, 2.45) is 0 Å². The van der Waals surface area contributed by atoms with Crippen molar-refractivity contribution in [2.75, 3.05) is 6.54 Å². The number of aromatic nitrogens is 3. The molecule has 0 unspecified atom stereocenters. The minimum atomic E-state index is 0.616. The molecule has 2 fully saturated rings. The summed E-state index contributed by atoms with van der Waals surface area (Å²) in [6.45, 7) is 1.03. The molecule has 0 aromatic carbocycles. The number of nitrogens with zero attached hydrogens (tertiary/aromatic N) is 2. The van der Waals surface area contributed by atoms with E-state index in [9.17, 15) is 0 Å². The molecule has 1 heterocycles. The van der Waals surface area contributed by atoms with Gasteiger partial charge in [0.05, 0.1) is 0 Å². The fourth-order valence-electron chi connectivity index (χ4n) is 2.65. The van der Waals surface area contributed by atoms with Gasteiger partial charge in [0.1, 0.15) is 5.82 Å². The van der Waals surface area contributed by atoms with Crippen molar-refractivity contribution in [3.05, 3.63) is 11.6 Å². The van der Waals surface area contributed by atoms with E-state index >= 15 is 0 Å². The van der Waals surface area contributed by atoms with Gasteiger partial charge in [-0.2, -0.15) is 5.10 Å². The first-order valence-electron chi connectivity index (χ1n) is 7.06. The van der Waals surface area contributed by atoms with Crippen LogP contribution in [0, 0.1) is 0 Å². The summed E-state index contributed by atoms with van der Waals surface area (Å²) in [7, 11) is 0. The molecular weight excluding hydrogens is 212 g/mol. The Morgan fingerprint density at radius 2 is 1.94 bits per heavy atom. The quantitative estimate of drug-likeness (QED) is 0.820. The molecule has 0 atom stereocenters. The van der Waals surface area contributed by atoms with Gasteiger partial charge in [0.2, 0.25) is 0 Å². The Balaban J connectivity index is 1.49. The van der Waals surface area contributed by atoms with Crippen LogP contribution in [0.5, 0.6) is 0 Å². The molecule has 17 heavy (non-hydrogen) atoms. The highest BCUT2D eigenvalue weighted by atomic mass is 15.2. The van der Waals surface area contributed by atoms with Crippen molar-refractivity contribution >= 4 is 0 Å². The fraction of sp³-hybridized carbons (Fsp3) is 0.846. The highest BCUT2D eigenvalue weighted by Crippen LogP contribution is 2.30. The molecule has 2 aliphatic carbocycles. The van der Waals surface area contributed by atoms with Gasteiger partial charge in [-0.1, -0.05) is 19.3 Å². The summed E-state index contributed by atoms with van der Waals surface area (Å²) in [5, 5.41) is 11.0. The number of hydrogen-bond acceptors (Lipinski definition) is 3. The summed E-state index contributed by atoms with van der Waals surface area (Å²) in [6.07, 6.45) is 10.3. The van der Waals surface area contributed by atoms with Gasteiger partial charge in [0.15, 0.2) is 5.82 Å². The normalized spacial score (nSPS) is 21.9. The highest BCUT2D eigenvalue weighted by Gasteiger charge is 2.21. The molecule has 2 aliphatic rings. The molecule has 0 amide bonds. The predicted molar refractivity (Wildman–Crippen MR) is 66.9 cm³/mol. The number of rotatable bonds is 5.